The molecule has 0 fully saturated rings. The highest BCUT2D eigenvalue weighted by atomic mass is 79.9. The molecule has 0 aromatic heterocycles. The third-order valence-corrected chi connectivity index (χ3v) is 4.70. The molecule has 2 rings (SSSR count). The second kappa shape index (κ2) is 10.3. The summed E-state index contributed by atoms with van der Waals surface area (Å²) in [7, 11) is 1.60. The van der Waals surface area contributed by atoms with E-state index in [9.17, 15) is 4.79 Å². The number of carbonyl (C=O) groups is 1. The van der Waals surface area contributed by atoms with Crippen LogP contribution in [0, 0.1) is 0 Å². The van der Waals surface area contributed by atoms with E-state index in [1.807, 2.05) is 36.4 Å². The summed E-state index contributed by atoms with van der Waals surface area (Å²) in [5, 5.41) is 2.85. The van der Waals surface area contributed by atoms with Gasteiger partial charge in [-0.1, -0.05) is 40.2 Å². The van der Waals surface area contributed by atoms with Gasteiger partial charge in [0.25, 0.3) is 0 Å². The lowest BCUT2D eigenvalue weighted by Crippen LogP contribution is -2.29. The maximum absolute atomic E-state index is 11.8. The molecule has 0 spiro atoms. The van der Waals surface area contributed by atoms with Crippen molar-refractivity contribution in [2.75, 3.05) is 26.0 Å². The maximum Gasteiger partial charge on any atom is 0.230 e. The Hall–Kier alpha value is -1.66. The fourth-order valence-electron chi connectivity index (χ4n) is 1.98. The standard InChI is InChI=1S/C18H20BrNO3S/c1-22-16-4-2-3-5-17(16)23-11-10-20-18(21)13-24-12-14-6-8-15(19)9-7-14/h2-9H,10-13H2,1H3,(H,20,21). The molecule has 0 unspecified atom stereocenters. The minimum Gasteiger partial charge on any atom is -0.493 e. The Morgan fingerprint density at radius 2 is 1.83 bits per heavy atom. The smallest absolute Gasteiger partial charge is 0.230 e. The predicted octanol–water partition coefficient (Wildman–Crippen LogP) is 3.89. The molecule has 2 aromatic carbocycles. The minimum atomic E-state index is 0.0146. The number of thioether (sulfide) groups is 1. The quantitative estimate of drug-likeness (QED) is 0.638. The highest BCUT2D eigenvalue weighted by molar-refractivity contribution is 9.10. The number of nitrogens with one attached hydrogen (secondary N) is 1. The molecular weight excluding hydrogens is 390 g/mol. The third kappa shape index (κ3) is 6.45. The SMILES string of the molecule is COc1ccccc1OCCNC(=O)CSCc1ccc(Br)cc1. The first-order valence-corrected chi connectivity index (χ1v) is 9.48. The molecule has 1 N–H and O–H groups in total. The second-order valence-electron chi connectivity index (χ2n) is 4.97. The van der Waals surface area contributed by atoms with E-state index in [1.165, 1.54) is 5.56 Å². The zero-order valence-electron chi connectivity index (χ0n) is 13.5. The first-order valence-electron chi connectivity index (χ1n) is 7.54. The van der Waals surface area contributed by atoms with Gasteiger partial charge >= 0.3 is 0 Å². The Kier molecular flexibility index (Phi) is 7.98. The van der Waals surface area contributed by atoms with E-state index in [1.54, 1.807) is 18.9 Å². The van der Waals surface area contributed by atoms with Crippen molar-refractivity contribution < 1.29 is 14.3 Å². The molecule has 0 saturated carbocycles. The maximum atomic E-state index is 11.8. The van der Waals surface area contributed by atoms with Crippen molar-refractivity contribution in [1.29, 1.82) is 0 Å². The molecule has 0 saturated heterocycles. The van der Waals surface area contributed by atoms with Gasteiger partial charge in [0.2, 0.25) is 5.91 Å². The zero-order valence-corrected chi connectivity index (χ0v) is 15.9. The topological polar surface area (TPSA) is 47.6 Å². The van der Waals surface area contributed by atoms with Gasteiger partial charge < -0.3 is 14.8 Å². The van der Waals surface area contributed by atoms with Crippen LogP contribution in [0.4, 0.5) is 0 Å². The minimum absolute atomic E-state index is 0.0146. The summed E-state index contributed by atoms with van der Waals surface area (Å²) in [5.74, 6) is 2.64. The molecule has 0 radical (unpaired) electrons. The molecule has 0 aliphatic carbocycles. The largest absolute Gasteiger partial charge is 0.493 e. The lowest BCUT2D eigenvalue weighted by Gasteiger charge is -2.10. The van der Waals surface area contributed by atoms with E-state index in [0.29, 0.717) is 30.4 Å². The van der Waals surface area contributed by atoms with E-state index in [4.69, 9.17) is 9.47 Å². The van der Waals surface area contributed by atoms with Gasteiger partial charge in [-0.05, 0) is 29.8 Å². The molecule has 0 heterocycles. The summed E-state index contributed by atoms with van der Waals surface area (Å²) >= 11 is 5.00. The highest BCUT2D eigenvalue weighted by Crippen LogP contribution is 2.25. The summed E-state index contributed by atoms with van der Waals surface area (Å²) in [6.45, 7) is 0.874. The van der Waals surface area contributed by atoms with Crippen LogP contribution in [0.2, 0.25) is 0 Å². The van der Waals surface area contributed by atoms with Gasteiger partial charge in [0.15, 0.2) is 11.5 Å². The van der Waals surface area contributed by atoms with E-state index in [0.717, 1.165) is 10.2 Å². The van der Waals surface area contributed by atoms with Gasteiger partial charge in [-0.2, -0.15) is 0 Å². The number of methoxy groups -OCH3 is 1. The van der Waals surface area contributed by atoms with Gasteiger partial charge in [-0.3, -0.25) is 4.79 Å². The van der Waals surface area contributed by atoms with Crippen molar-refractivity contribution >= 4 is 33.6 Å². The van der Waals surface area contributed by atoms with Gasteiger partial charge in [-0.25, -0.2) is 0 Å². The van der Waals surface area contributed by atoms with Crippen LogP contribution in [-0.4, -0.2) is 31.9 Å². The van der Waals surface area contributed by atoms with E-state index < -0.39 is 0 Å². The van der Waals surface area contributed by atoms with Crippen molar-refractivity contribution in [2.24, 2.45) is 0 Å². The average molecular weight is 410 g/mol. The number of hydrogen-bond acceptors (Lipinski definition) is 4. The van der Waals surface area contributed by atoms with E-state index in [-0.39, 0.29) is 5.91 Å². The Labute approximate surface area is 155 Å². The van der Waals surface area contributed by atoms with Crippen LogP contribution < -0.4 is 14.8 Å². The Morgan fingerprint density at radius 3 is 2.54 bits per heavy atom. The second-order valence-corrected chi connectivity index (χ2v) is 6.87. The van der Waals surface area contributed by atoms with E-state index >= 15 is 0 Å². The van der Waals surface area contributed by atoms with Crippen LogP contribution in [0.25, 0.3) is 0 Å². The van der Waals surface area contributed by atoms with Crippen LogP contribution >= 0.6 is 27.7 Å². The lowest BCUT2D eigenvalue weighted by atomic mass is 10.2. The van der Waals surface area contributed by atoms with Crippen LogP contribution in [0.3, 0.4) is 0 Å². The summed E-state index contributed by atoms with van der Waals surface area (Å²) in [5.41, 5.74) is 1.20. The van der Waals surface area contributed by atoms with Gasteiger partial charge in [0, 0.05) is 10.2 Å². The van der Waals surface area contributed by atoms with Crippen molar-refractivity contribution in [3.05, 3.63) is 58.6 Å². The fraction of sp³-hybridized carbons (Fsp3) is 0.278. The number of carbonyl (C=O) groups excluding carboxylic acids is 1. The molecular formula is C18H20BrNO3S. The number of benzene rings is 2. The number of halogens is 1. The third-order valence-electron chi connectivity index (χ3n) is 3.17. The molecule has 0 atom stereocenters. The summed E-state index contributed by atoms with van der Waals surface area (Å²) in [6.07, 6.45) is 0. The van der Waals surface area contributed by atoms with Crippen molar-refractivity contribution in [1.82, 2.24) is 5.32 Å². The molecule has 0 aliphatic rings. The first kappa shape index (κ1) is 18.7. The van der Waals surface area contributed by atoms with E-state index in [2.05, 4.69) is 33.4 Å². The predicted molar refractivity (Wildman–Crippen MR) is 102 cm³/mol. The van der Waals surface area contributed by atoms with Crippen molar-refractivity contribution in [2.45, 2.75) is 5.75 Å². The molecule has 2 aromatic rings. The number of rotatable bonds is 9. The Morgan fingerprint density at radius 1 is 1.12 bits per heavy atom. The highest BCUT2D eigenvalue weighted by Gasteiger charge is 2.04. The normalized spacial score (nSPS) is 10.2. The Balaban J connectivity index is 1.60. The summed E-state index contributed by atoms with van der Waals surface area (Å²) < 4.78 is 11.9. The first-order chi connectivity index (χ1) is 11.7. The number of para-hydroxylation sites is 2. The number of amides is 1. The number of hydrogen-bond donors (Lipinski definition) is 1. The molecule has 1 amide bonds. The van der Waals surface area contributed by atoms with Crippen LogP contribution in [0.1, 0.15) is 5.56 Å². The molecule has 0 aliphatic heterocycles. The number of ether oxygens (including phenoxy) is 2. The summed E-state index contributed by atoms with van der Waals surface area (Å²) in [4.78, 5) is 11.8. The van der Waals surface area contributed by atoms with Gasteiger partial charge in [0.1, 0.15) is 6.61 Å². The monoisotopic (exact) mass is 409 g/mol. The van der Waals surface area contributed by atoms with Crippen molar-refractivity contribution in [3.8, 4) is 11.5 Å². The van der Waals surface area contributed by atoms with Gasteiger partial charge in [-0.15, -0.1) is 11.8 Å². The molecule has 0 bridgehead atoms. The molecule has 6 heteroatoms. The fourth-order valence-corrected chi connectivity index (χ4v) is 3.06. The van der Waals surface area contributed by atoms with Crippen LogP contribution in [-0.2, 0) is 10.5 Å². The summed E-state index contributed by atoms with van der Waals surface area (Å²) in [6, 6.07) is 15.6. The van der Waals surface area contributed by atoms with Crippen LogP contribution in [0.5, 0.6) is 11.5 Å². The molecule has 128 valence electrons. The zero-order chi connectivity index (χ0) is 17.2. The molecule has 4 nitrogen and oxygen atoms in total. The molecule has 24 heavy (non-hydrogen) atoms. The Bertz CT molecular complexity index is 649. The average Bonchev–Trinajstić information content (AvgIpc) is 2.61. The lowest BCUT2D eigenvalue weighted by molar-refractivity contribution is -0.118. The van der Waals surface area contributed by atoms with Crippen molar-refractivity contribution in [3.63, 3.8) is 0 Å². The van der Waals surface area contributed by atoms with Gasteiger partial charge in [0.05, 0.1) is 19.4 Å². The van der Waals surface area contributed by atoms with Crippen LogP contribution in [0.15, 0.2) is 53.0 Å².